The Kier molecular flexibility index (Phi) is 9.46. The number of rotatable bonds is 10. The third-order valence-electron chi connectivity index (χ3n) is 5.36. The number of carbonyl (C=O) groups is 3. The molecule has 0 aliphatic heterocycles. The predicted molar refractivity (Wildman–Crippen MR) is 111 cm³/mol. The highest BCUT2D eigenvalue weighted by atomic mass is 16.5. The number of amides is 1. The fraction of sp³-hybridized carbons (Fsp3) is 0.609. The SMILES string of the molecule is CC(C)C[C@H](CC(=O)OCc1ccncc1)C(=O)N[C@H](C#N)C[C@@H]1CCCCC1=O. The Morgan fingerprint density at radius 1 is 1.30 bits per heavy atom. The zero-order chi connectivity index (χ0) is 21.9. The van der Waals surface area contributed by atoms with Crippen LogP contribution < -0.4 is 5.32 Å². The molecule has 0 unspecified atom stereocenters. The molecule has 7 heteroatoms. The van der Waals surface area contributed by atoms with E-state index in [1.54, 1.807) is 24.5 Å². The van der Waals surface area contributed by atoms with E-state index in [9.17, 15) is 19.6 Å². The molecule has 1 aromatic rings. The monoisotopic (exact) mass is 413 g/mol. The normalized spacial score (nSPS) is 18.3. The van der Waals surface area contributed by atoms with Crippen LogP contribution in [0.1, 0.15) is 64.4 Å². The molecule has 0 spiro atoms. The molecule has 0 radical (unpaired) electrons. The van der Waals surface area contributed by atoms with Gasteiger partial charge in [-0.1, -0.05) is 20.3 Å². The van der Waals surface area contributed by atoms with Crippen molar-refractivity contribution < 1.29 is 19.1 Å². The van der Waals surface area contributed by atoms with Crippen LogP contribution in [0.4, 0.5) is 0 Å². The summed E-state index contributed by atoms with van der Waals surface area (Å²) in [6.45, 7) is 4.08. The van der Waals surface area contributed by atoms with Gasteiger partial charge in [0.05, 0.1) is 12.5 Å². The van der Waals surface area contributed by atoms with Gasteiger partial charge in [0.2, 0.25) is 5.91 Å². The Hall–Kier alpha value is -2.75. The van der Waals surface area contributed by atoms with Crippen LogP contribution in [0.3, 0.4) is 0 Å². The van der Waals surface area contributed by atoms with Crippen LogP contribution in [0.15, 0.2) is 24.5 Å². The first-order valence-electron chi connectivity index (χ1n) is 10.7. The Morgan fingerprint density at radius 3 is 2.67 bits per heavy atom. The summed E-state index contributed by atoms with van der Waals surface area (Å²) >= 11 is 0. The first-order valence-corrected chi connectivity index (χ1v) is 10.7. The van der Waals surface area contributed by atoms with Crippen LogP contribution in [-0.4, -0.2) is 28.7 Å². The van der Waals surface area contributed by atoms with E-state index in [1.165, 1.54) is 0 Å². The minimum atomic E-state index is -0.730. The van der Waals surface area contributed by atoms with Gasteiger partial charge in [-0.25, -0.2) is 0 Å². The summed E-state index contributed by atoms with van der Waals surface area (Å²) in [6.07, 6.45) is 7.24. The maximum atomic E-state index is 12.8. The zero-order valence-corrected chi connectivity index (χ0v) is 17.8. The van der Waals surface area contributed by atoms with Gasteiger partial charge in [0, 0.05) is 30.7 Å². The predicted octanol–water partition coefficient (Wildman–Crippen LogP) is 3.33. The van der Waals surface area contributed by atoms with Crippen molar-refractivity contribution in [3.63, 3.8) is 0 Å². The summed E-state index contributed by atoms with van der Waals surface area (Å²) in [5.74, 6) is -1.16. The van der Waals surface area contributed by atoms with Crippen LogP contribution in [0, 0.1) is 29.1 Å². The lowest BCUT2D eigenvalue weighted by molar-refractivity contribution is -0.148. The molecule has 162 valence electrons. The molecule has 2 rings (SSSR count). The molecule has 7 nitrogen and oxygen atoms in total. The summed E-state index contributed by atoms with van der Waals surface area (Å²) in [5, 5.41) is 12.2. The van der Waals surface area contributed by atoms with Crippen molar-refractivity contribution in [2.24, 2.45) is 17.8 Å². The van der Waals surface area contributed by atoms with Gasteiger partial charge in [0.15, 0.2) is 0 Å². The van der Waals surface area contributed by atoms with Gasteiger partial charge >= 0.3 is 5.97 Å². The summed E-state index contributed by atoms with van der Waals surface area (Å²) < 4.78 is 5.30. The number of hydrogen-bond donors (Lipinski definition) is 1. The Balaban J connectivity index is 1.91. The number of carbonyl (C=O) groups excluding carboxylic acids is 3. The van der Waals surface area contributed by atoms with E-state index in [0.717, 1.165) is 24.8 Å². The minimum absolute atomic E-state index is 0.0460. The van der Waals surface area contributed by atoms with E-state index >= 15 is 0 Å². The molecular weight excluding hydrogens is 382 g/mol. The quantitative estimate of drug-likeness (QED) is 0.589. The lowest BCUT2D eigenvalue weighted by Gasteiger charge is -2.24. The fourth-order valence-corrected chi connectivity index (χ4v) is 3.78. The first kappa shape index (κ1) is 23.5. The summed E-state index contributed by atoms with van der Waals surface area (Å²) in [7, 11) is 0. The van der Waals surface area contributed by atoms with Gasteiger partial charge in [0.1, 0.15) is 18.4 Å². The molecule has 1 heterocycles. The molecule has 3 atom stereocenters. The second-order valence-electron chi connectivity index (χ2n) is 8.38. The minimum Gasteiger partial charge on any atom is -0.461 e. The van der Waals surface area contributed by atoms with Crippen molar-refractivity contribution in [1.29, 1.82) is 5.26 Å². The maximum Gasteiger partial charge on any atom is 0.306 e. The van der Waals surface area contributed by atoms with Crippen LogP contribution >= 0.6 is 0 Å². The molecular formula is C23H31N3O4. The van der Waals surface area contributed by atoms with E-state index in [2.05, 4.69) is 16.4 Å². The van der Waals surface area contributed by atoms with Crippen LogP contribution in [0.2, 0.25) is 0 Å². The molecule has 0 saturated heterocycles. The second-order valence-corrected chi connectivity index (χ2v) is 8.38. The Bertz CT molecular complexity index is 757. The molecule has 0 bridgehead atoms. The number of aromatic nitrogens is 1. The van der Waals surface area contributed by atoms with Crippen molar-refractivity contribution in [3.05, 3.63) is 30.1 Å². The molecule has 1 saturated carbocycles. The van der Waals surface area contributed by atoms with Crippen molar-refractivity contribution in [2.75, 3.05) is 0 Å². The molecule has 1 N–H and O–H groups in total. The van der Waals surface area contributed by atoms with Gasteiger partial charge in [0.25, 0.3) is 0 Å². The number of esters is 1. The van der Waals surface area contributed by atoms with E-state index in [4.69, 9.17) is 4.74 Å². The molecule has 30 heavy (non-hydrogen) atoms. The largest absolute Gasteiger partial charge is 0.461 e. The summed E-state index contributed by atoms with van der Waals surface area (Å²) in [4.78, 5) is 41.1. The number of ketones is 1. The molecule has 1 fully saturated rings. The molecule has 1 amide bonds. The standard InChI is InChI=1S/C23H31N3O4/c1-16(2)11-19(13-22(28)30-15-17-7-9-25-10-8-17)23(29)26-20(14-24)12-18-5-3-4-6-21(18)27/h7-10,16,18-20H,3-6,11-13,15H2,1-2H3,(H,26,29)/t18-,19+,20-/m0/s1. The third kappa shape index (κ3) is 7.94. The smallest absolute Gasteiger partial charge is 0.306 e. The van der Waals surface area contributed by atoms with Crippen LogP contribution in [-0.2, 0) is 25.7 Å². The average molecular weight is 414 g/mol. The summed E-state index contributed by atoms with van der Waals surface area (Å²) in [5.41, 5.74) is 0.824. The van der Waals surface area contributed by atoms with Gasteiger partial charge in [-0.05, 0) is 49.3 Å². The topological polar surface area (TPSA) is 109 Å². The molecule has 0 aromatic carbocycles. The lowest BCUT2D eigenvalue weighted by Crippen LogP contribution is -2.41. The average Bonchev–Trinajstić information content (AvgIpc) is 2.73. The number of hydrogen-bond acceptors (Lipinski definition) is 6. The number of nitrogens with zero attached hydrogens (tertiary/aromatic N) is 2. The number of nitrogens with one attached hydrogen (secondary N) is 1. The molecule has 1 aromatic heterocycles. The molecule has 1 aliphatic carbocycles. The number of ether oxygens (including phenoxy) is 1. The molecule has 1 aliphatic rings. The zero-order valence-electron chi connectivity index (χ0n) is 17.8. The van der Waals surface area contributed by atoms with Crippen molar-refractivity contribution in [1.82, 2.24) is 10.3 Å². The highest BCUT2D eigenvalue weighted by molar-refractivity contribution is 5.84. The van der Waals surface area contributed by atoms with Crippen molar-refractivity contribution in [3.8, 4) is 6.07 Å². The number of nitriles is 1. The first-order chi connectivity index (χ1) is 14.4. The Labute approximate surface area is 178 Å². The lowest BCUT2D eigenvalue weighted by atomic mass is 9.83. The van der Waals surface area contributed by atoms with E-state index in [-0.39, 0.29) is 36.6 Å². The Morgan fingerprint density at radius 2 is 2.03 bits per heavy atom. The van der Waals surface area contributed by atoms with E-state index in [1.807, 2.05) is 13.8 Å². The van der Waals surface area contributed by atoms with E-state index < -0.39 is 17.9 Å². The van der Waals surface area contributed by atoms with E-state index in [0.29, 0.717) is 19.3 Å². The van der Waals surface area contributed by atoms with Gasteiger partial charge in [-0.15, -0.1) is 0 Å². The summed E-state index contributed by atoms with van der Waals surface area (Å²) in [6, 6.07) is 4.89. The van der Waals surface area contributed by atoms with Crippen molar-refractivity contribution in [2.45, 2.75) is 71.4 Å². The third-order valence-corrected chi connectivity index (χ3v) is 5.36. The maximum absolute atomic E-state index is 12.8. The second kappa shape index (κ2) is 12.1. The highest BCUT2D eigenvalue weighted by Crippen LogP contribution is 2.25. The van der Waals surface area contributed by atoms with Gasteiger partial charge in [-0.2, -0.15) is 5.26 Å². The number of Topliss-reactive ketones (excluding diaryl/α,β-unsaturated/α-hetero) is 1. The fourth-order valence-electron chi connectivity index (χ4n) is 3.78. The van der Waals surface area contributed by atoms with Gasteiger partial charge in [-0.3, -0.25) is 19.4 Å². The highest BCUT2D eigenvalue weighted by Gasteiger charge is 2.29. The van der Waals surface area contributed by atoms with Crippen LogP contribution in [0.5, 0.6) is 0 Å². The van der Waals surface area contributed by atoms with Gasteiger partial charge < -0.3 is 10.1 Å². The number of pyridine rings is 1. The van der Waals surface area contributed by atoms with Crippen molar-refractivity contribution >= 4 is 17.7 Å². The van der Waals surface area contributed by atoms with Crippen LogP contribution in [0.25, 0.3) is 0 Å².